The molecule has 0 radical (unpaired) electrons. The molecule has 2 N–H and O–H groups in total. The Morgan fingerprint density at radius 1 is 1.14 bits per heavy atom. The Labute approximate surface area is 159 Å². The predicted molar refractivity (Wildman–Crippen MR) is 103 cm³/mol. The minimum Gasteiger partial charge on any atom is -0.497 e. The van der Waals surface area contributed by atoms with Gasteiger partial charge in [0.25, 0.3) is 5.56 Å². The number of rotatable bonds is 5. The highest BCUT2D eigenvalue weighted by Gasteiger charge is 2.17. The first kappa shape index (κ1) is 19.1. The van der Waals surface area contributed by atoms with Gasteiger partial charge in [-0.25, -0.2) is 13.8 Å². The fourth-order valence-electron chi connectivity index (χ4n) is 2.70. The molecule has 144 valence electrons. The summed E-state index contributed by atoms with van der Waals surface area (Å²) in [4.78, 5) is 31.0. The monoisotopic (exact) mass is 383 g/mol. The number of aromatic nitrogens is 2. The fourth-order valence-corrected chi connectivity index (χ4v) is 2.70. The van der Waals surface area contributed by atoms with Crippen LogP contribution < -0.4 is 16.0 Å². The van der Waals surface area contributed by atoms with E-state index in [9.17, 15) is 19.1 Å². The first-order chi connectivity index (χ1) is 13.4. The Bertz CT molecular complexity index is 1130. The zero-order chi connectivity index (χ0) is 20.3. The van der Waals surface area contributed by atoms with E-state index in [4.69, 9.17) is 4.74 Å². The van der Waals surface area contributed by atoms with Crippen molar-refractivity contribution in [3.63, 3.8) is 0 Å². The highest BCUT2D eigenvalue weighted by Crippen LogP contribution is 2.20. The molecule has 8 heteroatoms. The van der Waals surface area contributed by atoms with E-state index in [0.29, 0.717) is 11.4 Å². The first-order valence-corrected chi connectivity index (χ1v) is 8.39. The van der Waals surface area contributed by atoms with Crippen LogP contribution in [0, 0.1) is 5.82 Å². The topological polar surface area (TPSA) is 96.7 Å². The number of H-pyrrole nitrogens is 1. The molecular formula is C20H18FN3O4. The number of aromatic amines is 1. The van der Waals surface area contributed by atoms with Crippen molar-refractivity contribution in [3.05, 3.63) is 86.3 Å². The molecule has 1 heterocycles. The van der Waals surface area contributed by atoms with Gasteiger partial charge in [-0.15, -0.1) is 0 Å². The summed E-state index contributed by atoms with van der Waals surface area (Å²) in [6.45, 7) is 1.74. The van der Waals surface area contributed by atoms with Crippen molar-refractivity contribution < 1.29 is 14.2 Å². The third kappa shape index (κ3) is 3.85. The van der Waals surface area contributed by atoms with Crippen LogP contribution in [0.1, 0.15) is 18.1 Å². The highest BCUT2D eigenvalue weighted by molar-refractivity contribution is 6.00. The fraction of sp³-hybridized carbons (Fsp3) is 0.150. The van der Waals surface area contributed by atoms with Crippen molar-refractivity contribution in [1.82, 2.24) is 9.55 Å². The summed E-state index contributed by atoms with van der Waals surface area (Å²) in [7, 11) is 1.51. The van der Waals surface area contributed by atoms with E-state index < -0.39 is 17.1 Å². The number of methoxy groups -OCH3 is 1. The quantitative estimate of drug-likeness (QED) is 0.661. The Hall–Kier alpha value is -3.68. The van der Waals surface area contributed by atoms with Gasteiger partial charge in [0.1, 0.15) is 17.1 Å². The molecule has 0 amide bonds. The number of hydrogen-bond acceptors (Lipinski definition) is 5. The van der Waals surface area contributed by atoms with Gasteiger partial charge in [-0.1, -0.05) is 12.1 Å². The second-order valence-corrected chi connectivity index (χ2v) is 6.02. The standard InChI is InChI=1S/C20H18FN3O4/c1-12(22-11-13-3-5-14(21)6-4-13)17-18(25)23-20(27)24(19(17)26)15-7-9-16(28-2)10-8-15/h3-10,26H,11H2,1-2H3,(H,23,25,27). The first-order valence-electron chi connectivity index (χ1n) is 8.39. The zero-order valence-corrected chi connectivity index (χ0v) is 15.3. The molecule has 1 aromatic heterocycles. The lowest BCUT2D eigenvalue weighted by Crippen LogP contribution is -2.32. The zero-order valence-electron chi connectivity index (χ0n) is 15.3. The van der Waals surface area contributed by atoms with Gasteiger partial charge in [-0.3, -0.25) is 14.8 Å². The molecule has 0 aliphatic carbocycles. The van der Waals surface area contributed by atoms with E-state index in [0.717, 1.165) is 10.1 Å². The van der Waals surface area contributed by atoms with Crippen LogP contribution in [-0.2, 0) is 6.54 Å². The Morgan fingerprint density at radius 2 is 1.79 bits per heavy atom. The molecule has 3 aromatic rings. The molecule has 0 unspecified atom stereocenters. The normalized spacial score (nSPS) is 11.5. The van der Waals surface area contributed by atoms with Gasteiger partial charge in [0.15, 0.2) is 0 Å². The van der Waals surface area contributed by atoms with Crippen molar-refractivity contribution in [2.24, 2.45) is 4.99 Å². The Morgan fingerprint density at radius 3 is 2.39 bits per heavy atom. The molecule has 7 nitrogen and oxygen atoms in total. The van der Waals surface area contributed by atoms with Crippen LogP contribution in [0.2, 0.25) is 0 Å². The molecule has 0 saturated carbocycles. The molecule has 0 bridgehead atoms. The third-order valence-corrected chi connectivity index (χ3v) is 4.19. The number of aliphatic imine (C=N–C) groups is 1. The van der Waals surface area contributed by atoms with Gasteiger partial charge >= 0.3 is 5.69 Å². The average molecular weight is 383 g/mol. The lowest BCUT2D eigenvalue weighted by molar-refractivity contribution is 0.414. The number of nitrogens with one attached hydrogen (secondary N) is 1. The maximum absolute atomic E-state index is 13.0. The summed E-state index contributed by atoms with van der Waals surface area (Å²) >= 11 is 0. The van der Waals surface area contributed by atoms with Crippen molar-refractivity contribution in [3.8, 4) is 17.3 Å². The van der Waals surface area contributed by atoms with Crippen LogP contribution in [0.25, 0.3) is 5.69 Å². The number of benzene rings is 2. The minimum absolute atomic E-state index is 0.113. The molecule has 0 atom stereocenters. The molecular weight excluding hydrogens is 365 g/mol. The lowest BCUT2D eigenvalue weighted by Gasteiger charge is -2.12. The van der Waals surface area contributed by atoms with Crippen molar-refractivity contribution in [2.75, 3.05) is 7.11 Å². The maximum Gasteiger partial charge on any atom is 0.335 e. The van der Waals surface area contributed by atoms with Gasteiger partial charge < -0.3 is 9.84 Å². The van der Waals surface area contributed by atoms with E-state index in [1.165, 1.54) is 19.2 Å². The Balaban J connectivity index is 2.03. The van der Waals surface area contributed by atoms with Gasteiger partial charge in [0.2, 0.25) is 5.88 Å². The van der Waals surface area contributed by atoms with E-state index in [1.54, 1.807) is 43.3 Å². The summed E-state index contributed by atoms with van der Waals surface area (Å²) in [6.07, 6.45) is 0. The van der Waals surface area contributed by atoms with Crippen LogP contribution >= 0.6 is 0 Å². The SMILES string of the molecule is COc1ccc(-n2c(O)c(C(C)=NCc3ccc(F)cc3)c(=O)[nH]c2=O)cc1. The van der Waals surface area contributed by atoms with Crippen molar-refractivity contribution >= 4 is 5.71 Å². The van der Waals surface area contributed by atoms with Gasteiger partial charge in [0.05, 0.1) is 25.1 Å². The van der Waals surface area contributed by atoms with Crippen molar-refractivity contribution in [1.29, 1.82) is 0 Å². The average Bonchev–Trinajstić information content (AvgIpc) is 2.67. The number of nitrogens with zero attached hydrogens (tertiary/aromatic N) is 2. The molecule has 0 aliphatic heterocycles. The van der Waals surface area contributed by atoms with Crippen LogP contribution in [0.5, 0.6) is 11.6 Å². The molecule has 0 saturated heterocycles. The third-order valence-electron chi connectivity index (χ3n) is 4.19. The van der Waals surface area contributed by atoms with Crippen LogP contribution in [-0.4, -0.2) is 27.5 Å². The summed E-state index contributed by atoms with van der Waals surface area (Å²) in [6, 6.07) is 12.2. The van der Waals surface area contributed by atoms with Crippen LogP contribution in [0.15, 0.2) is 63.1 Å². The van der Waals surface area contributed by atoms with E-state index >= 15 is 0 Å². The predicted octanol–water partition coefficient (Wildman–Crippen LogP) is 2.39. The van der Waals surface area contributed by atoms with E-state index in [2.05, 4.69) is 9.98 Å². The molecule has 0 spiro atoms. The van der Waals surface area contributed by atoms with Gasteiger partial charge in [-0.05, 0) is 48.9 Å². The Kier molecular flexibility index (Phi) is 5.39. The molecule has 0 fully saturated rings. The van der Waals surface area contributed by atoms with Crippen molar-refractivity contribution in [2.45, 2.75) is 13.5 Å². The summed E-state index contributed by atoms with van der Waals surface area (Å²) in [5, 5.41) is 10.6. The van der Waals surface area contributed by atoms with Gasteiger partial charge in [-0.2, -0.15) is 0 Å². The lowest BCUT2D eigenvalue weighted by atomic mass is 10.2. The van der Waals surface area contributed by atoms with Crippen LogP contribution in [0.4, 0.5) is 4.39 Å². The minimum atomic E-state index is -0.775. The van der Waals surface area contributed by atoms with E-state index in [1.807, 2.05) is 0 Å². The molecule has 3 rings (SSSR count). The smallest absolute Gasteiger partial charge is 0.335 e. The molecule has 28 heavy (non-hydrogen) atoms. The van der Waals surface area contributed by atoms with E-state index in [-0.39, 0.29) is 23.6 Å². The summed E-state index contributed by atoms with van der Waals surface area (Å²) in [5.74, 6) is -0.289. The van der Waals surface area contributed by atoms with Gasteiger partial charge in [0, 0.05) is 0 Å². The highest BCUT2D eigenvalue weighted by atomic mass is 19.1. The summed E-state index contributed by atoms with van der Waals surface area (Å²) in [5.41, 5.74) is -0.300. The number of aromatic hydroxyl groups is 1. The number of halogens is 1. The molecule has 0 aliphatic rings. The largest absolute Gasteiger partial charge is 0.497 e. The second kappa shape index (κ2) is 7.91. The maximum atomic E-state index is 13.0. The number of ether oxygens (including phenoxy) is 1. The summed E-state index contributed by atoms with van der Waals surface area (Å²) < 4.78 is 19.0. The van der Waals surface area contributed by atoms with Crippen LogP contribution in [0.3, 0.4) is 0 Å². The second-order valence-electron chi connectivity index (χ2n) is 6.02. The number of hydrogen-bond donors (Lipinski definition) is 2. The molecule has 2 aromatic carbocycles.